The van der Waals surface area contributed by atoms with Crippen molar-refractivity contribution in [2.45, 2.75) is 30.8 Å². The highest BCUT2D eigenvalue weighted by atomic mass is 32.2. The van der Waals surface area contributed by atoms with Crippen LogP contribution in [0.1, 0.15) is 30.1 Å². The topological polar surface area (TPSA) is 108 Å². The number of esters is 1. The lowest BCUT2D eigenvalue weighted by Gasteiger charge is -2.11. The van der Waals surface area contributed by atoms with Crippen molar-refractivity contribution in [1.82, 2.24) is 5.32 Å². The van der Waals surface area contributed by atoms with Crippen LogP contribution in [0.25, 0.3) is 0 Å². The lowest BCUT2D eigenvalue weighted by atomic mass is 10.2. The van der Waals surface area contributed by atoms with Crippen LogP contribution < -0.4 is 5.32 Å². The number of hydrogen-bond acceptors (Lipinski definition) is 7. The zero-order valence-electron chi connectivity index (χ0n) is 13.9. The second kappa shape index (κ2) is 9.38. The highest BCUT2D eigenvalue weighted by Crippen LogP contribution is 2.30. The number of benzene rings is 1. The highest BCUT2D eigenvalue weighted by Gasteiger charge is 2.21. The van der Waals surface area contributed by atoms with Gasteiger partial charge in [-0.1, -0.05) is 0 Å². The Morgan fingerprint density at radius 1 is 1.48 bits per heavy atom. The van der Waals surface area contributed by atoms with Gasteiger partial charge < -0.3 is 14.8 Å². The zero-order valence-corrected chi connectivity index (χ0v) is 14.7. The van der Waals surface area contributed by atoms with Gasteiger partial charge in [0.2, 0.25) is 0 Å². The summed E-state index contributed by atoms with van der Waals surface area (Å²) in [4.78, 5) is 34.6. The van der Waals surface area contributed by atoms with E-state index in [1.54, 1.807) is 6.92 Å². The summed E-state index contributed by atoms with van der Waals surface area (Å²) in [7, 11) is 0. The third-order valence-electron chi connectivity index (χ3n) is 3.58. The highest BCUT2D eigenvalue weighted by molar-refractivity contribution is 8.00. The first-order chi connectivity index (χ1) is 12.0. The van der Waals surface area contributed by atoms with E-state index in [1.807, 2.05) is 0 Å². The maximum atomic E-state index is 12.2. The smallest absolute Gasteiger partial charge is 0.316 e. The Morgan fingerprint density at radius 2 is 2.28 bits per heavy atom. The molecule has 2 rings (SSSR count). The van der Waals surface area contributed by atoms with Gasteiger partial charge in [0.15, 0.2) is 0 Å². The molecular formula is C16H20N2O6S. The molecule has 1 fully saturated rings. The van der Waals surface area contributed by atoms with Gasteiger partial charge in [0, 0.05) is 24.8 Å². The Labute approximate surface area is 149 Å². The summed E-state index contributed by atoms with van der Waals surface area (Å²) in [6.45, 7) is 3.02. The fraction of sp³-hybridized carbons (Fsp3) is 0.500. The molecule has 136 valence electrons. The molecule has 8 nitrogen and oxygen atoms in total. The first kappa shape index (κ1) is 19.2. The van der Waals surface area contributed by atoms with Crippen molar-refractivity contribution in [3.63, 3.8) is 0 Å². The summed E-state index contributed by atoms with van der Waals surface area (Å²) in [6.07, 6.45) is 1.86. The molecule has 0 saturated carbocycles. The number of nitro benzene ring substituents is 1. The van der Waals surface area contributed by atoms with Crippen molar-refractivity contribution >= 4 is 29.3 Å². The van der Waals surface area contributed by atoms with Gasteiger partial charge in [-0.3, -0.25) is 19.7 Å². The van der Waals surface area contributed by atoms with Crippen LogP contribution in [0.4, 0.5) is 5.69 Å². The molecule has 0 bridgehead atoms. The molecule has 25 heavy (non-hydrogen) atoms. The van der Waals surface area contributed by atoms with E-state index in [0.29, 0.717) is 18.0 Å². The number of carbonyl (C=O) groups is 2. The second-order valence-electron chi connectivity index (χ2n) is 5.38. The van der Waals surface area contributed by atoms with Crippen molar-refractivity contribution in [3.05, 3.63) is 33.9 Å². The van der Waals surface area contributed by atoms with Gasteiger partial charge in [-0.2, -0.15) is 0 Å². The standard InChI is InChI=1S/C16H20N2O6S/c1-2-23-15(19)10-25-14-6-5-11(8-13(14)18(21)22)16(20)17-9-12-4-3-7-24-12/h5-6,8,12H,2-4,7,9-10H2,1H3,(H,17,20)/t12-/m1/s1. The molecule has 0 aromatic heterocycles. The van der Waals surface area contributed by atoms with Crippen LogP contribution in [-0.4, -0.2) is 48.4 Å². The number of carbonyl (C=O) groups excluding carboxylic acids is 2. The average Bonchev–Trinajstić information content (AvgIpc) is 3.11. The van der Waals surface area contributed by atoms with Gasteiger partial charge in [-0.15, -0.1) is 11.8 Å². The fourth-order valence-electron chi connectivity index (χ4n) is 2.38. The van der Waals surface area contributed by atoms with Gasteiger partial charge in [0.25, 0.3) is 11.6 Å². The predicted molar refractivity (Wildman–Crippen MR) is 91.8 cm³/mol. The Balaban J connectivity index is 2.02. The maximum absolute atomic E-state index is 12.2. The zero-order chi connectivity index (χ0) is 18.2. The number of hydrogen-bond donors (Lipinski definition) is 1. The largest absolute Gasteiger partial charge is 0.465 e. The number of thioether (sulfide) groups is 1. The third-order valence-corrected chi connectivity index (χ3v) is 4.62. The molecule has 9 heteroatoms. The number of nitro groups is 1. The number of nitrogens with one attached hydrogen (secondary N) is 1. The molecule has 1 aliphatic heterocycles. The minimum absolute atomic E-state index is 0.00153. The van der Waals surface area contributed by atoms with E-state index in [-0.39, 0.29) is 35.6 Å². The summed E-state index contributed by atoms with van der Waals surface area (Å²) in [6, 6.07) is 4.20. The minimum atomic E-state index is -0.565. The van der Waals surface area contributed by atoms with Crippen molar-refractivity contribution in [3.8, 4) is 0 Å². The van der Waals surface area contributed by atoms with E-state index >= 15 is 0 Å². The number of rotatable bonds is 8. The summed E-state index contributed by atoms with van der Waals surface area (Å²) >= 11 is 1.01. The lowest BCUT2D eigenvalue weighted by molar-refractivity contribution is -0.387. The Kier molecular flexibility index (Phi) is 7.20. The van der Waals surface area contributed by atoms with Gasteiger partial charge in [0.05, 0.1) is 28.3 Å². The van der Waals surface area contributed by atoms with Crippen molar-refractivity contribution in [2.75, 3.05) is 25.5 Å². The van der Waals surface area contributed by atoms with E-state index < -0.39 is 10.9 Å². The van der Waals surface area contributed by atoms with Crippen LogP contribution >= 0.6 is 11.8 Å². The molecule has 0 spiro atoms. The molecule has 1 aliphatic rings. The summed E-state index contributed by atoms with van der Waals surface area (Å²) < 4.78 is 10.2. The SMILES string of the molecule is CCOC(=O)CSc1ccc(C(=O)NC[C@H]2CCCO2)cc1[N+](=O)[O-]. The molecule has 1 N–H and O–H groups in total. The molecule has 1 aromatic carbocycles. The van der Waals surface area contributed by atoms with Gasteiger partial charge in [-0.05, 0) is 31.9 Å². The first-order valence-corrected chi connectivity index (χ1v) is 8.96. The average molecular weight is 368 g/mol. The predicted octanol–water partition coefficient (Wildman–Crippen LogP) is 2.16. The molecule has 1 aromatic rings. The Bertz CT molecular complexity index is 646. The van der Waals surface area contributed by atoms with E-state index in [0.717, 1.165) is 24.6 Å². The number of amides is 1. The number of nitrogens with zero attached hydrogens (tertiary/aromatic N) is 1. The van der Waals surface area contributed by atoms with Crippen LogP contribution in [0.5, 0.6) is 0 Å². The van der Waals surface area contributed by atoms with E-state index in [4.69, 9.17) is 9.47 Å². The molecule has 0 unspecified atom stereocenters. The van der Waals surface area contributed by atoms with Crippen LogP contribution in [-0.2, 0) is 14.3 Å². The lowest BCUT2D eigenvalue weighted by Crippen LogP contribution is -2.31. The molecule has 1 atom stereocenters. The van der Waals surface area contributed by atoms with Crippen LogP contribution in [0.15, 0.2) is 23.1 Å². The molecule has 0 aliphatic carbocycles. The van der Waals surface area contributed by atoms with Crippen molar-refractivity contribution in [1.29, 1.82) is 0 Å². The van der Waals surface area contributed by atoms with E-state index in [2.05, 4.69) is 5.32 Å². The number of ether oxygens (including phenoxy) is 2. The van der Waals surface area contributed by atoms with Crippen LogP contribution in [0, 0.1) is 10.1 Å². The van der Waals surface area contributed by atoms with Crippen LogP contribution in [0.3, 0.4) is 0 Å². The quantitative estimate of drug-likeness (QED) is 0.324. The fourth-order valence-corrected chi connectivity index (χ4v) is 3.18. The minimum Gasteiger partial charge on any atom is -0.465 e. The summed E-state index contributed by atoms with van der Waals surface area (Å²) in [5.41, 5.74) is -0.00996. The molecular weight excluding hydrogens is 348 g/mol. The first-order valence-electron chi connectivity index (χ1n) is 7.98. The molecule has 0 radical (unpaired) electrons. The van der Waals surface area contributed by atoms with Crippen LogP contribution in [0.2, 0.25) is 0 Å². The van der Waals surface area contributed by atoms with Crippen molar-refractivity contribution < 1.29 is 24.0 Å². The van der Waals surface area contributed by atoms with E-state index in [1.165, 1.54) is 18.2 Å². The molecule has 1 heterocycles. The van der Waals surface area contributed by atoms with Gasteiger partial charge in [0.1, 0.15) is 0 Å². The Morgan fingerprint density at radius 3 is 2.92 bits per heavy atom. The third kappa shape index (κ3) is 5.71. The maximum Gasteiger partial charge on any atom is 0.316 e. The normalized spacial score (nSPS) is 16.4. The summed E-state index contributed by atoms with van der Waals surface area (Å²) in [5, 5.41) is 14.0. The molecule has 1 amide bonds. The van der Waals surface area contributed by atoms with Gasteiger partial charge in [-0.25, -0.2) is 0 Å². The van der Waals surface area contributed by atoms with Gasteiger partial charge >= 0.3 is 5.97 Å². The molecule has 1 saturated heterocycles. The van der Waals surface area contributed by atoms with E-state index in [9.17, 15) is 19.7 Å². The summed E-state index contributed by atoms with van der Waals surface area (Å²) in [5.74, 6) is -0.861. The second-order valence-corrected chi connectivity index (χ2v) is 6.40. The van der Waals surface area contributed by atoms with Crippen molar-refractivity contribution in [2.24, 2.45) is 0 Å². The monoisotopic (exact) mass is 368 g/mol. The Hall–Kier alpha value is -2.13.